The first-order chi connectivity index (χ1) is 14.5. The molecule has 1 N–H and O–H groups in total. The monoisotopic (exact) mass is 537 g/mol. The number of benzene rings is 1. The van der Waals surface area contributed by atoms with E-state index in [9.17, 15) is 14.9 Å². The summed E-state index contributed by atoms with van der Waals surface area (Å²) in [6.07, 6.45) is 4.98. The summed E-state index contributed by atoms with van der Waals surface area (Å²) in [4.78, 5) is 30.6. The van der Waals surface area contributed by atoms with Gasteiger partial charge in [0.25, 0.3) is 11.6 Å². The molecule has 2 aromatic heterocycles. The highest BCUT2D eigenvalue weighted by Gasteiger charge is 2.21. The van der Waals surface area contributed by atoms with Crippen molar-refractivity contribution in [2.24, 2.45) is 0 Å². The minimum Gasteiger partial charge on any atom is -0.348 e. The molecule has 1 fully saturated rings. The molecule has 1 saturated heterocycles. The SMILES string of the molecule is O=C(Nc1ccc(I)cc1)c1cc([N+](=O)[O-])cn1Cc1csc(N2CCCCC2)n1. The maximum absolute atomic E-state index is 12.8. The van der Waals surface area contributed by atoms with Crippen LogP contribution in [0.25, 0.3) is 0 Å². The Morgan fingerprint density at radius 3 is 2.67 bits per heavy atom. The van der Waals surface area contributed by atoms with Crippen molar-refractivity contribution in [1.82, 2.24) is 9.55 Å². The third-order valence-electron chi connectivity index (χ3n) is 4.93. The van der Waals surface area contributed by atoms with Crippen molar-refractivity contribution in [3.05, 3.63) is 67.0 Å². The minimum absolute atomic E-state index is 0.116. The van der Waals surface area contributed by atoms with E-state index >= 15 is 0 Å². The summed E-state index contributed by atoms with van der Waals surface area (Å²) >= 11 is 3.76. The molecular weight excluding hydrogens is 517 g/mol. The van der Waals surface area contributed by atoms with Crippen LogP contribution in [0.4, 0.5) is 16.5 Å². The number of rotatable bonds is 6. The molecule has 8 nitrogen and oxygen atoms in total. The third kappa shape index (κ3) is 4.81. The van der Waals surface area contributed by atoms with Crippen LogP contribution in [0.5, 0.6) is 0 Å². The molecule has 0 atom stereocenters. The van der Waals surface area contributed by atoms with Crippen molar-refractivity contribution in [2.45, 2.75) is 25.8 Å². The van der Waals surface area contributed by atoms with Crippen molar-refractivity contribution >= 4 is 56.3 Å². The molecule has 1 aliphatic rings. The number of nitro groups is 1. The molecule has 30 heavy (non-hydrogen) atoms. The van der Waals surface area contributed by atoms with E-state index in [-0.39, 0.29) is 11.4 Å². The van der Waals surface area contributed by atoms with Gasteiger partial charge in [-0.25, -0.2) is 4.98 Å². The zero-order chi connectivity index (χ0) is 21.1. The van der Waals surface area contributed by atoms with Crippen LogP contribution >= 0.6 is 33.9 Å². The van der Waals surface area contributed by atoms with Gasteiger partial charge in [0.05, 0.1) is 23.4 Å². The van der Waals surface area contributed by atoms with E-state index in [0.717, 1.165) is 27.5 Å². The predicted molar refractivity (Wildman–Crippen MR) is 125 cm³/mol. The number of anilines is 2. The molecule has 0 spiro atoms. The Labute approximate surface area is 191 Å². The Morgan fingerprint density at radius 1 is 1.23 bits per heavy atom. The van der Waals surface area contributed by atoms with Crippen LogP contribution in [0.2, 0.25) is 0 Å². The van der Waals surface area contributed by atoms with E-state index in [1.165, 1.54) is 31.5 Å². The highest BCUT2D eigenvalue weighted by molar-refractivity contribution is 14.1. The van der Waals surface area contributed by atoms with Gasteiger partial charge in [0, 0.05) is 33.8 Å². The maximum Gasteiger partial charge on any atom is 0.287 e. The highest BCUT2D eigenvalue weighted by Crippen LogP contribution is 2.26. The Hall–Kier alpha value is -2.47. The molecule has 1 amide bonds. The zero-order valence-corrected chi connectivity index (χ0v) is 19.1. The van der Waals surface area contributed by atoms with Crippen LogP contribution in [0.3, 0.4) is 0 Å². The Bertz CT molecular complexity index is 1060. The molecule has 1 aromatic carbocycles. The summed E-state index contributed by atoms with van der Waals surface area (Å²) in [6.45, 7) is 2.31. The fourth-order valence-corrected chi connectivity index (χ4v) is 4.65. The highest BCUT2D eigenvalue weighted by atomic mass is 127. The van der Waals surface area contributed by atoms with Gasteiger partial charge in [-0.05, 0) is 66.1 Å². The summed E-state index contributed by atoms with van der Waals surface area (Å²) in [6, 6.07) is 8.67. The zero-order valence-electron chi connectivity index (χ0n) is 16.1. The fourth-order valence-electron chi connectivity index (χ4n) is 3.42. The Balaban J connectivity index is 1.55. The molecular formula is C20H20IN5O3S. The van der Waals surface area contributed by atoms with Gasteiger partial charge in [0.2, 0.25) is 0 Å². The molecule has 0 radical (unpaired) electrons. The van der Waals surface area contributed by atoms with Crippen molar-refractivity contribution in [1.29, 1.82) is 0 Å². The molecule has 1 aliphatic heterocycles. The number of halogens is 1. The molecule has 3 heterocycles. The molecule has 156 valence electrons. The smallest absolute Gasteiger partial charge is 0.287 e. The van der Waals surface area contributed by atoms with Gasteiger partial charge < -0.3 is 14.8 Å². The average Bonchev–Trinajstić information content (AvgIpc) is 3.38. The summed E-state index contributed by atoms with van der Waals surface area (Å²) in [5, 5.41) is 17.0. The Kier molecular flexibility index (Phi) is 6.32. The van der Waals surface area contributed by atoms with Crippen LogP contribution < -0.4 is 10.2 Å². The van der Waals surface area contributed by atoms with Crippen LogP contribution in [0.15, 0.2) is 41.9 Å². The van der Waals surface area contributed by atoms with E-state index in [0.29, 0.717) is 12.2 Å². The number of amides is 1. The second-order valence-corrected chi connectivity index (χ2v) is 9.18. The predicted octanol–water partition coefficient (Wildman–Crippen LogP) is 4.75. The topological polar surface area (TPSA) is 93.3 Å². The van der Waals surface area contributed by atoms with E-state index in [1.54, 1.807) is 28.0 Å². The third-order valence-corrected chi connectivity index (χ3v) is 6.60. The molecule has 0 aliphatic carbocycles. The standard InChI is InChI=1S/C20H20IN5O3S/c21-14-4-6-15(7-5-14)22-19(27)18-10-17(26(28)29)12-25(18)11-16-13-30-20(23-16)24-8-2-1-3-9-24/h4-7,10,12-13H,1-3,8-9,11H2,(H,22,27). The van der Waals surface area contributed by atoms with Crippen molar-refractivity contribution < 1.29 is 9.72 Å². The lowest BCUT2D eigenvalue weighted by atomic mass is 10.1. The fraction of sp³-hybridized carbons (Fsp3) is 0.300. The molecule has 10 heteroatoms. The number of carbonyl (C=O) groups is 1. The number of hydrogen-bond acceptors (Lipinski definition) is 6. The number of carbonyl (C=O) groups excluding carboxylic acids is 1. The van der Waals surface area contributed by atoms with Crippen LogP contribution in [-0.2, 0) is 6.54 Å². The summed E-state index contributed by atoms with van der Waals surface area (Å²) in [7, 11) is 0. The number of nitrogens with zero attached hydrogens (tertiary/aromatic N) is 4. The second-order valence-electron chi connectivity index (χ2n) is 7.10. The lowest BCUT2D eigenvalue weighted by Crippen LogP contribution is -2.29. The normalized spacial score (nSPS) is 14.0. The van der Waals surface area contributed by atoms with Crippen LogP contribution in [-0.4, -0.2) is 33.5 Å². The summed E-state index contributed by atoms with van der Waals surface area (Å²) < 4.78 is 2.65. The second kappa shape index (κ2) is 9.13. The van der Waals surface area contributed by atoms with E-state index in [4.69, 9.17) is 4.98 Å². The molecule has 0 saturated carbocycles. The van der Waals surface area contributed by atoms with Gasteiger partial charge in [0.1, 0.15) is 5.69 Å². The first-order valence-corrected chi connectivity index (χ1v) is 11.6. The minimum atomic E-state index is -0.488. The number of aromatic nitrogens is 2. The first kappa shape index (κ1) is 20.8. The van der Waals surface area contributed by atoms with Crippen LogP contribution in [0, 0.1) is 13.7 Å². The van der Waals surface area contributed by atoms with Gasteiger partial charge in [-0.2, -0.15) is 0 Å². The number of piperidine rings is 1. The van der Waals surface area contributed by atoms with Gasteiger partial charge in [-0.3, -0.25) is 14.9 Å². The van der Waals surface area contributed by atoms with Gasteiger partial charge >= 0.3 is 0 Å². The van der Waals surface area contributed by atoms with Gasteiger partial charge in [-0.1, -0.05) is 0 Å². The van der Waals surface area contributed by atoms with Crippen molar-refractivity contribution in [2.75, 3.05) is 23.3 Å². The summed E-state index contributed by atoms with van der Waals surface area (Å²) in [5.41, 5.74) is 1.54. The summed E-state index contributed by atoms with van der Waals surface area (Å²) in [5.74, 6) is -0.393. The largest absolute Gasteiger partial charge is 0.348 e. The van der Waals surface area contributed by atoms with Gasteiger partial charge in [0.15, 0.2) is 5.13 Å². The van der Waals surface area contributed by atoms with E-state index in [1.807, 2.05) is 17.5 Å². The number of hydrogen-bond donors (Lipinski definition) is 1. The quantitative estimate of drug-likeness (QED) is 0.279. The molecule has 0 bridgehead atoms. The lowest BCUT2D eigenvalue weighted by molar-refractivity contribution is -0.384. The first-order valence-electron chi connectivity index (χ1n) is 9.60. The number of nitrogens with one attached hydrogen (secondary N) is 1. The Morgan fingerprint density at radius 2 is 1.97 bits per heavy atom. The maximum atomic E-state index is 12.8. The lowest BCUT2D eigenvalue weighted by Gasteiger charge is -2.25. The van der Waals surface area contributed by atoms with Crippen LogP contribution in [0.1, 0.15) is 35.4 Å². The molecule has 0 unspecified atom stereocenters. The van der Waals surface area contributed by atoms with E-state index < -0.39 is 10.8 Å². The molecule has 3 aromatic rings. The van der Waals surface area contributed by atoms with Crippen molar-refractivity contribution in [3.8, 4) is 0 Å². The van der Waals surface area contributed by atoms with Gasteiger partial charge in [-0.15, -0.1) is 11.3 Å². The number of thiazole rings is 1. The average molecular weight is 537 g/mol. The van der Waals surface area contributed by atoms with Crippen molar-refractivity contribution in [3.63, 3.8) is 0 Å². The molecule has 4 rings (SSSR count). The van der Waals surface area contributed by atoms with E-state index in [2.05, 4.69) is 32.8 Å².